The maximum absolute atomic E-state index is 11.9. The highest BCUT2D eigenvalue weighted by molar-refractivity contribution is 6.04. The normalized spacial score (nSPS) is 11.0. The van der Waals surface area contributed by atoms with E-state index in [1.807, 2.05) is 0 Å². The van der Waals surface area contributed by atoms with Gasteiger partial charge in [-0.1, -0.05) is 0 Å². The third-order valence-electron chi connectivity index (χ3n) is 2.32. The Balaban J connectivity index is 2.63. The Morgan fingerprint density at radius 1 is 1.21 bits per heavy atom. The van der Waals surface area contributed by atoms with Crippen LogP contribution in [-0.4, -0.2) is 46.4 Å². The van der Waals surface area contributed by atoms with Crippen LogP contribution in [-0.2, 0) is 9.47 Å². The van der Waals surface area contributed by atoms with Gasteiger partial charge in [0, 0.05) is 12.7 Å². The molecule has 0 atom stereocenters. The summed E-state index contributed by atoms with van der Waals surface area (Å²) in [6.07, 6.45) is 0. The summed E-state index contributed by atoms with van der Waals surface area (Å²) in [7, 11) is 4.60. The minimum Gasteiger partial charge on any atom is -0.497 e. The van der Waals surface area contributed by atoms with E-state index in [2.05, 4.69) is 10.3 Å². The molecule has 0 aliphatic heterocycles. The van der Waals surface area contributed by atoms with Crippen LogP contribution in [0.15, 0.2) is 29.3 Å². The molecule has 0 saturated carbocycles. The number of ether oxygens (including phenoxy) is 3. The summed E-state index contributed by atoms with van der Waals surface area (Å²) < 4.78 is 14.9. The van der Waals surface area contributed by atoms with Gasteiger partial charge in [-0.15, -0.1) is 0 Å². The van der Waals surface area contributed by atoms with Crippen molar-refractivity contribution >= 4 is 11.9 Å². The molecule has 0 fully saturated rings. The third kappa shape index (κ3) is 4.97. The van der Waals surface area contributed by atoms with Crippen molar-refractivity contribution in [1.82, 2.24) is 5.32 Å². The number of hydrogen-bond acceptors (Lipinski definition) is 5. The largest absolute Gasteiger partial charge is 0.497 e. The standard InChI is InChI=1S/C13H18N2O4/c1-17-9-8-14-13(19-3)15-12(16)10-4-6-11(18-2)7-5-10/h4-7H,8-9H2,1-3H3,(H,14,15,16). The van der Waals surface area contributed by atoms with Crippen LogP contribution < -0.4 is 10.1 Å². The lowest BCUT2D eigenvalue weighted by molar-refractivity contribution is 0.0968. The first kappa shape index (κ1) is 15.0. The molecule has 0 heterocycles. The number of amides is 1. The van der Waals surface area contributed by atoms with Gasteiger partial charge in [-0.2, -0.15) is 0 Å². The van der Waals surface area contributed by atoms with Crippen molar-refractivity contribution in [2.45, 2.75) is 0 Å². The number of amidine groups is 1. The molecule has 1 N–H and O–H groups in total. The van der Waals surface area contributed by atoms with E-state index in [1.165, 1.54) is 7.11 Å². The molecule has 0 radical (unpaired) electrons. The molecule has 0 bridgehead atoms. The summed E-state index contributed by atoms with van der Waals surface area (Å²) in [5.41, 5.74) is 0.497. The van der Waals surface area contributed by atoms with Gasteiger partial charge in [0.05, 0.1) is 27.4 Å². The zero-order chi connectivity index (χ0) is 14.1. The number of carbonyl (C=O) groups is 1. The van der Waals surface area contributed by atoms with Gasteiger partial charge < -0.3 is 14.2 Å². The van der Waals surface area contributed by atoms with Crippen LogP contribution in [0.5, 0.6) is 5.75 Å². The summed E-state index contributed by atoms with van der Waals surface area (Å²) in [5.74, 6) is 0.401. The van der Waals surface area contributed by atoms with Gasteiger partial charge in [0.2, 0.25) is 0 Å². The molecule has 1 aromatic rings. The molecule has 19 heavy (non-hydrogen) atoms. The number of benzene rings is 1. The van der Waals surface area contributed by atoms with Gasteiger partial charge in [0.1, 0.15) is 5.75 Å². The van der Waals surface area contributed by atoms with Gasteiger partial charge in [0.25, 0.3) is 11.9 Å². The number of carbonyl (C=O) groups excluding carboxylic acids is 1. The molecule has 0 spiro atoms. The molecule has 0 aliphatic rings. The number of aliphatic imine (C=N–C) groups is 1. The van der Waals surface area contributed by atoms with Crippen molar-refractivity contribution in [3.8, 4) is 5.75 Å². The maximum Gasteiger partial charge on any atom is 0.291 e. The zero-order valence-electron chi connectivity index (χ0n) is 11.3. The average Bonchev–Trinajstić information content (AvgIpc) is 2.46. The fourth-order valence-electron chi connectivity index (χ4n) is 1.31. The number of nitrogens with zero attached hydrogens (tertiary/aromatic N) is 1. The van der Waals surface area contributed by atoms with Crippen LogP contribution in [0, 0.1) is 0 Å². The van der Waals surface area contributed by atoms with E-state index in [-0.39, 0.29) is 11.9 Å². The molecule has 1 amide bonds. The Labute approximate surface area is 112 Å². The fraction of sp³-hybridized carbons (Fsp3) is 0.385. The minimum absolute atomic E-state index is 0.165. The van der Waals surface area contributed by atoms with Crippen LogP contribution in [0.4, 0.5) is 0 Å². The Kier molecular flexibility index (Phi) is 6.38. The van der Waals surface area contributed by atoms with Crippen molar-refractivity contribution in [3.05, 3.63) is 29.8 Å². The number of hydrogen-bond donors (Lipinski definition) is 1. The van der Waals surface area contributed by atoms with Crippen molar-refractivity contribution in [1.29, 1.82) is 0 Å². The second-order valence-corrected chi connectivity index (χ2v) is 3.57. The Morgan fingerprint density at radius 3 is 2.42 bits per heavy atom. The van der Waals surface area contributed by atoms with E-state index in [1.54, 1.807) is 38.5 Å². The zero-order valence-corrected chi connectivity index (χ0v) is 11.3. The minimum atomic E-state index is -0.291. The SMILES string of the molecule is COCCN=C(NC(=O)c1ccc(OC)cc1)OC. The predicted molar refractivity (Wildman–Crippen MR) is 71.6 cm³/mol. The number of nitrogens with one attached hydrogen (secondary N) is 1. The Bertz CT molecular complexity index is 429. The van der Waals surface area contributed by atoms with Crippen molar-refractivity contribution in [2.75, 3.05) is 34.5 Å². The summed E-state index contributed by atoms with van der Waals surface area (Å²) >= 11 is 0. The van der Waals surface area contributed by atoms with Crippen LogP contribution >= 0.6 is 0 Å². The van der Waals surface area contributed by atoms with Gasteiger partial charge >= 0.3 is 0 Å². The first-order valence-corrected chi connectivity index (χ1v) is 5.74. The third-order valence-corrected chi connectivity index (χ3v) is 2.32. The maximum atomic E-state index is 11.9. The molecule has 1 aromatic carbocycles. The fourth-order valence-corrected chi connectivity index (χ4v) is 1.31. The smallest absolute Gasteiger partial charge is 0.291 e. The molecule has 0 aromatic heterocycles. The first-order chi connectivity index (χ1) is 9.21. The monoisotopic (exact) mass is 266 g/mol. The molecule has 0 unspecified atom stereocenters. The van der Waals surface area contributed by atoms with E-state index in [0.29, 0.717) is 24.5 Å². The van der Waals surface area contributed by atoms with Gasteiger partial charge in [-0.05, 0) is 24.3 Å². The number of methoxy groups -OCH3 is 3. The van der Waals surface area contributed by atoms with E-state index in [9.17, 15) is 4.79 Å². The van der Waals surface area contributed by atoms with E-state index in [4.69, 9.17) is 14.2 Å². The lowest BCUT2D eigenvalue weighted by Crippen LogP contribution is -2.32. The average molecular weight is 266 g/mol. The Hall–Kier alpha value is -2.08. The van der Waals surface area contributed by atoms with Crippen LogP contribution in [0.25, 0.3) is 0 Å². The summed E-state index contributed by atoms with van der Waals surface area (Å²) in [4.78, 5) is 15.9. The molecule has 6 nitrogen and oxygen atoms in total. The molecular weight excluding hydrogens is 248 g/mol. The van der Waals surface area contributed by atoms with Crippen molar-refractivity contribution in [3.63, 3.8) is 0 Å². The van der Waals surface area contributed by atoms with Gasteiger partial charge in [-0.3, -0.25) is 10.1 Å². The molecule has 0 saturated heterocycles. The van der Waals surface area contributed by atoms with Crippen LogP contribution in [0.1, 0.15) is 10.4 Å². The topological polar surface area (TPSA) is 69.2 Å². The second kappa shape index (κ2) is 8.10. The lowest BCUT2D eigenvalue weighted by atomic mass is 10.2. The van der Waals surface area contributed by atoms with Crippen molar-refractivity contribution in [2.24, 2.45) is 4.99 Å². The van der Waals surface area contributed by atoms with Gasteiger partial charge in [0.15, 0.2) is 0 Å². The molecule has 1 rings (SSSR count). The molecule has 6 heteroatoms. The van der Waals surface area contributed by atoms with E-state index in [0.717, 1.165) is 0 Å². The summed E-state index contributed by atoms with van der Waals surface area (Å²) in [6.45, 7) is 0.883. The van der Waals surface area contributed by atoms with Gasteiger partial charge in [-0.25, -0.2) is 4.99 Å². The molecular formula is C13H18N2O4. The van der Waals surface area contributed by atoms with Crippen LogP contribution in [0.2, 0.25) is 0 Å². The summed E-state index contributed by atoms with van der Waals surface area (Å²) in [5, 5.41) is 2.57. The van der Waals surface area contributed by atoms with Crippen LogP contribution in [0.3, 0.4) is 0 Å². The molecule has 104 valence electrons. The van der Waals surface area contributed by atoms with Crippen molar-refractivity contribution < 1.29 is 19.0 Å². The highest BCUT2D eigenvalue weighted by Gasteiger charge is 2.08. The Morgan fingerprint density at radius 2 is 1.89 bits per heavy atom. The quantitative estimate of drug-likeness (QED) is 0.492. The lowest BCUT2D eigenvalue weighted by Gasteiger charge is -2.07. The second-order valence-electron chi connectivity index (χ2n) is 3.57. The van der Waals surface area contributed by atoms with E-state index < -0.39 is 0 Å². The highest BCUT2D eigenvalue weighted by atomic mass is 16.5. The number of rotatable bonds is 5. The van der Waals surface area contributed by atoms with E-state index >= 15 is 0 Å². The predicted octanol–water partition coefficient (Wildman–Crippen LogP) is 1.07. The first-order valence-electron chi connectivity index (χ1n) is 5.74. The highest BCUT2D eigenvalue weighted by Crippen LogP contribution is 2.10. The summed E-state index contributed by atoms with van der Waals surface area (Å²) in [6, 6.07) is 6.91. The molecule has 0 aliphatic carbocycles.